The van der Waals surface area contributed by atoms with Gasteiger partial charge in [0.15, 0.2) is 11.5 Å². The lowest BCUT2D eigenvalue weighted by Gasteiger charge is -2.01. The summed E-state index contributed by atoms with van der Waals surface area (Å²) < 4.78 is 14.8. The molecule has 0 fully saturated rings. The SMILES string of the molecule is Cn1nc(-c2ccco2)cc1-c1ccc(N)cc1.Cn1nc(-c2ccco2)cc1B(O)O.Nc1ccc(Br)cc1. The Balaban J connectivity index is 0.000000149. The Bertz CT molecular complexity index is 1590. The van der Waals surface area contributed by atoms with E-state index in [1.54, 1.807) is 37.8 Å². The second-order valence-electron chi connectivity index (χ2n) is 8.62. The fraction of sp³-hybridized carbons (Fsp3) is 0.0714. The molecule has 0 aliphatic carbocycles. The number of hydrogen-bond donors (Lipinski definition) is 4. The van der Waals surface area contributed by atoms with Gasteiger partial charge in [-0.15, -0.1) is 0 Å². The second-order valence-corrected chi connectivity index (χ2v) is 9.53. The Labute approximate surface area is 239 Å². The minimum absolute atomic E-state index is 0.330. The number of nitrogens with two attached hydrogens (primary N) is 2. The van der Waals surface area contributed by atoms with E-state index in [1.807, 2.05) is 78.5 Å². The van der Waals surface area contributed by atoms with Gasteiger partial charge < -0.3 is 30.3 Å². The summed E-state index contributed by atoms with van der Waals surface area (Å²) in [7, 11) is 2.04. The summed E-state index contributed by atoms with van der Waals surface area (Å²) in [5.41, 5.74) is 16.5. The summed E-state index contributed by atoms with van der Waals surface area (Å²) >= 11 is 3.29. The van der Waals surface area contributed by atoms with Crippen molar-refractivity contribution in [1.29, 1.82) is 0 Å². The van der Waals surface area contributed by atoms with Crippen molar-refractivity contribution in [2.24, 2.45) is 14.1 Å². The lowest BCUT2D eigenvalue weighted by atomic mass is 9.86. The topological polar surface area (TPSA) is 154 Å². The van der Waals surface area contributed by atoms with E-state index < -0.39 is 7.12 Å². The van der Waals surface area contributed by atoms with Crippen molar-refractivity contribution in [3.8, 4) is 34.2 Å². The van der Waals surface area contributed by atoms with Crippen LogP contribution in [0.2, 0.25) is 0 Å². The molecule has 0 radical (unpaired) electrons. The van der Waals surface area contributed by atoms with E-state index >= 15 is 0 Å². The zero-order chi connectivity index (χ0) is 28.6. The summed E-state index contributed by atoms with van der Waals surface area (Å²) in [6, 6.07) is 26.1. The molecule has 0 unspecified atom stereocenters. The van der Waals surface area contributed by atoms with Crippen LogP contribution in [0.3, 0.4) is 0 Å². The molecule has 0 atom stereocenters. The molecule has 0 bridgehead atoms. The van der Waals surface area contributed by atoms with Crippen LogP contribution in [-0.2, 0) is 14.1 Å². The maximum atomic E-state index is 8.98. The maximum absolute atomic E-state index is 8.98. The van der Waals surface area contributed by atoms with E-state index in [1.165, 1.54) is 4.68 Å². The fourth-order valence-corrected chi connectivity index (χ4v) is 3.93. The predicted octanol–water partition coefficient (Wildman–Crippen LogP) is 4.32. The average molecular weight is 603 g/mol. The van der Waals surface area contributed by atoms with Crippen LogP contribution in [0, 0.1) is 0 Å². The van der Waals surface area contributed by atoms with Gasteiger partial charge in [0.25, 0.3) is 0 Å². The van der Waals surface area contributed by atoms with E-state index in [9.17, 15) is 0 Å². The highest BCUT2D eigenvalue weighted by molar-refractivity contribution is 9.10. The number of nitrogens with zero attached hydrogens (tertiary/aromatic N) is 4. The van der Waals surface area contributed by atoms with Crippen molar-refractivity contribution in [2.75, 3.05) is 11.5 Å². The molecule has 0 aliphatic heterocycles. The fourth-order valence-electron chi connectivity index (χ4n) is 3.67. The molecular weight excluding hydrogens is 575 g/mol. The Morgan fingerprint density at radius 1 is 0.725 bits per heavy atom. The van der Waals surface area contributed by atoms with Crippen LogP contribution < -0.4 is 17.1 Å². The standard InChI is InChI=1S/C14H13N3O.C8H9BN2O3.C6H6BrN/c1-17-13(10-4-6-11(15)7-5-10)9-12(16-17)14-3-2-8-18-14;1-11-8(9(12)13)5-6(10-11)7-3-2-4-14-7;7-5-1-3-6(8)4-2-5/h2-9H,15H2,1H3;2-5,12-13H,1H3;1-4H,8H2. The second kappa shape index (κ2) is 13.0. The van der Waals surface area contributed by atoms with E-state index in [2.05, 4.69) is 26.1 Å². The number of nitrogen functional groups attached to an aromatic ring is 2. The zero-order valence-electron chi connectivity index (χ0n) is 21.8. The average Bonchev–Trinajstić information content (AvgIpc) is 3.74. The van der Waals surface area contributed by atoms with Gasteiger partial charge in [0.1, 0.15) is 11.4 Å². The number of hydrogen-bond acceptors (Lipinski definition) is 8. The summed E-state index contributed by atoms with van der Waals surface area (Å²) in [6.45, 7) is 0. The third-order valence-corrected chi connectivity index (χ3v) is 6.21. The maximum Gasteiger partial charge on any atom is 0.507 e. The molecule has 0 saturated heterocycles. The van der Waals surface area contributed by atoms with Crippen molar-refractivity contribution in [3.63, 3.8) is 0 Å². The Morgan fingerprint density at radius 3 is 1.68 bits per heavy atom. The third-order valence-electron chi connectivity index (χ3n) is 5.68. The van der Waals surface area contributed by atoms with E-state index in [-0.39, 0.29) is 0 Å². The van der Waals surface area contributed by atoms with E-state index in [4.69, 9.17) is 30.3 Å². The predicted molar refractivity (Wildman–Crippen MR) is 160 cm³/mol. The zero-order valence-corrected chi connectivity index (χ0v) is 23.4. The van der Waals surface area contributed by atoms with Crippen LogP contribution in [-0.4, -0.2) is 36.7 Å². The molecule has 6 aromatic rings. The van der Waals surface area contributed by atoms with Crippen LogP contribution >= 0.6 is 15.9 Å². The molecule has 6 rings (SSSR count). The van der Waals surface area contributed by atoms with Crippen LogP contribution in [0.1, 0.15) is 0 Å². The quantitative estimate of drug-likeness (QED) is 0.172. The molecular formula is C28H28BBrN6O4. The summed E-state index contributed by atoms with van der Waals surface area (Å²) in [5.74, 6) is 1.37. The molecule has 204 valence electrons. The van der Waals surface area contributed by atoms with Crippen molar-refractivity contribution < 1.29 is 18.9 Å². The van der Waals surface area contributed by atoms with Crippen LogP contribution in [0.15, 0.2) is 111 Å². The van der Waals surface area contributed by atoms with Gasteiger partial charge in [0.2, 0.25) is 0 Å². The van der Waals surface area contributed by atoms with Gasteiger partial charge in [-0.1, -0.05) is 28.1 Å². The first-order chi connectivity index (χ1) is 19.2. The van der Waals surface area contributed by atoms with Crippen LogP contribution in [0.25, 0.3) is 34.2 Å². The molecule has 0 amide bonds. The minimum Gasteiger partial charge on any atom is -0.463 e. The first-order valence-electron chi connectivity index (χ1n) is 12.1. The van der Waals surface area contributed by atoms with Crippen molar-refractivity contribution >= 4 is 40.0 Å². The molecule has 10 nitrogen and oxygen atoms in total. The molecule has 0 aliphatic rings. The summed E-state index contributed by atoms with van der Waals surface area (Å²) in [6.07, 6.45) is 3.19. The molecule has 12 heteroatoms. The third kappa shape index (κ3) is 7.32. The Hall–Kier alpha value is -4.52. The van der Waals surface area contributed by atoms with Crippen molar-refractivity contribution in [3.05, 3.63) is 102 Å². The molecule has 0 spiro atoms. The van der Waals surface area contributed by atoms with Crippen LogP contribution in [0.5, 0.6) is 0 Å². The number of benzene rings is 2. The number of anilines is 2. The van der Waals surface area contributed by atoms with Gasteiger partial charge >= 0.3 is 7.12 Å². The molecule has 0 saturated carbocycles. The smallest absolute Gasteiger partial charge is 0.463 e. The number of halogens is 1. The first kappa shape index (κ1) is 28.5. The van der Waals surface area contributed by atoms with E-state index in [0.29, 0.717) is 17.0 Å². The molecule has 4 aromatic heterocycles. The molecule has 2 aromatic carbocycles. The molecule has 6 N–H and O–H groups in total. The lowest BCUT2D eigenvalue weighted by molar-refractivity contribution is 0.421. The number of aryl methyl sites for hydroxylation is 2. The monoisotopic (exact) mass is 602 g/mol. The highest BCUT2D eigenvalue weighted by Crippen LogP contribution is 2.26. The minimum atomic E-state index is -1.52. The summed E-state index contributed by atoms with van der Waals surface area (Å²) in [5, 5.41) is 26.5. The first-order valence-corrected chi connectivity index (χ1v) is 12.9. The van der Waals surface area contributed by atoms with Crippen molar-refractivity contribution in [1.82, 2.24) is 19.6 Å². The van der Waals surface area contributed by atoms with Gasteiger partial charge in [0, 0.05) is 29.9 Å². The highest BCUT2D eigenvalue weighted by Gasteiger charge is 2.19. The van der Waals surface area contributed by atoms with Gasteiger partial charge in [0.05, 0.1) is 23.8 Å². The Morgan fingerprint density at radius 2 is 1.23 bits per heavy atom. The van der Waals surface area contributed by atoms with Crippen LogP contribution in [0.4, 0.5) is 11.4 Å². The normalized spacial score (nSPS) is 10.3. The largest absolute Gasteiger partial charge is 0.507 e. The van der Waals surface area contributed by atoms with E-state index in [0.717, 1.165) is 38.6 Å². The molecule has 40 heavy (non-hydrogen) atoms. The number of aromatic nitrogens is 4. The number of furan rings is 2. The van der Waals surface area contributed by atoms with Gasteiger partial charge in [-0.3, -0.25) is 9.36 Å². The highest BCUT2D eigenvalue weighted by atomic mass is 79.9. The summed E-state index contributed by atoms with van der Waals surface area (Å²) in [4.78, 5) is 0. The lowest BCUT2D eigenvalue weighted by Crippen LogP contribution is -2.35. The number of rotatable bonds is 4. The van der Waals surface area contributed by atoms with Gasteiger partial charge in [-0.05, 0) is 78.4 Å². The molecule has 4 heterocycles. The van der Waals surface area contributed by atoms with Gasteiger partial charge in [-0.2, -0.15) is 10.2 Å². The van der Waals surface area contributed by atoms with Crippen molar-refractivity contribution in [2.45, 2.75) is 0 Å². The Kier molecular flexibility index (Phi) is 9.28. The van der Waals surface area contributed by atoms with Gasteiger partial charge in [-0.25, -0.2) is 0 Å².